The number of carbonyl (C=O) groups excluding carboxylic acids is 2. The Morgan fingerprint density at radius 1 is 0.941 bits per heavy atom. The van der Waals surface area contributed by atoms with Crippen molar-refractivity contribution in [1.82, 2.24) is 5.43 Å². The van der Waals surface area contributed by atoms with Gasteiger partial charge < -0.3 is 18.9 Å². The Bertz CT molecular complexity index is 1150. The number of amides is 1. The zero-order chi connectivity index (χ0) is 24.3. The van der Waals surface area contributed by atoms with Gasteiger partial charge in [0.05, 0.1) is 25.5 Å². The zero-order valence-corrected chi connectivity index (χ0v) is 20.2. The summed E-state index contributed by atoms with van der Waals surface area (Å²) in [5, 5.41) is 3.92. The topological polar surface area (TPSA) is 95.5 Å². The average molecular weight is 527 g/mol. The van der Waals surface area contributed by atoms with Crippen molar-refractivity contribution in [2.24, 2.45) is 5.10 Å². The van der Waals surface area contributed by atoms with E-state index < -0.39 is 11.9 Å². The van der Waals surface area contributed by atoms with E-state index in [4.69, 9.17) is 18.9 Å². The summed E-state index contributed by atoms with van der Waals surface area (Å²) >= 11 is 3.33. The highest BCUT2D eigenvalue weighted by Crippen LogP contribution is 2.28. The van der Waals surface area contributed by atoms with E-state index in [-0.39, 0.29) is 12.4 Å². The molecule has 9 heteroatoms. The van der Waals surface area contributed by atoms with Gasteiger partial charge in [-0.15, -0.1) is 0 Å². The lowest BCUT2D eigenvalue weighted by Gasteiger charge is -2.10. The van der Waals surface area contributed by atoms with Gasteiger partial charge in [-0.3, -0.25) is 4.79 Å². The number of esters is 1. The SMILES string of the molecule is CCOc1ccc(C(=O)Oc2ccc(/C=N\NC(=O)COc3ccc(Br)cc3)cc2OC)cc1. The molecule has 3 aromatic rings. The van der Waals surface area contributed by atoms with Crippen LogP contribution in [0.5, 0.6) is 23.0 Å². The van der Waals surface area contributed by atoms with Crippen LogP contribution in [0.4, 0.5) is 0 Å². The maximum absolute atomic E-state index is 12.5. The predicted octanol–water partition coefficient (Wildman–Crippen LogP) is 4.60. The van der Waals surface area contributed by atoms with E-state index in [1.165, 1.54) is 13.3 Å². The molecule has 0 aromatic heterocycles. The molecule has 0 fully saturated rings. The number of benzene rings is 3. The van der Waals surface area contributed by atoms with Gasteiger partial charge in [-0.25, -0.2) is 10.2 Å². The number of ether oxygens (including phenoxy) is 4. The molecule has 0 saturated heterocycles. The van der Waals surface area contributed by atoms with Crippen molar-refractivity contribution in [1.29, 1.82) is 0 Å². The Morgan fingerprint density at radius 3 is 2.29 bits per heavy atom. The van der Waals surface area contributed by atoms with Crippen LogP contribution in [0, 0.1) is 0 Å². The molecule has 0 aliphatic rings. The number of hydrazone groups is 1. The monoisotopic (exact) mass is 526 g/mol. The quantitative estimate of drug-likeness (QED) is 0.179. The fraction of sp³-hybridized carbons (Fsp3) is 0.160. The second-order valence-corrected chi connectivity index (χ2v) is 7.71. The Morgan fingerprint density at radius 2 is 1.62 bits per heavy atom. The fourth-order valence-electron chi connectivity index (χ4n) is 2.75. The number of carbonyl (C=O) groups is 2. The van der Waals surface area contributed by atoms with Crippen molar-refractivity contribution in [3.8, 4) is 23.0 Å². The van der Waals surface area contributed by atoms with Crippen molar-refractivity contribution in [3.63, 3.8) is 0 Å². The average Bonchev–Trinajstić information content (AvgIpc) is 2.85. The van der Waals surface area contributed by atoms with Gasteiger partial charge in [0.2, 0.25) is 0 Å². The Balaban J connectivity index is 1.55. The zero-order valence-electron chi connectivity index (χ0n) is 18.6. The number of hydrogen-bond donors (Lipinski definition) is 1. The number of hydrogen-bond acceptors (Lipinski definition) is 7. The third kappa shape index (κ3) is 7.35. The highest BCUT2D eigenvalue weighted by molar-refractivity contribution is 9.10. The third-order valence-corrected chi connectivity index (χ3v) is 4.91. The predicted molar refractivity (Wildman–Crippen MR) is 131 cm³/mol. The molecule has 0 atom stereocenters. The van der Waals surface area contributed by atoms with Crippen LogP contribution in [0.25, 0.3) is 0 Å². The van der Waals surface area contributed by atoms with E-state index in [2.05, 4.69) is 26.5 Å². The van der Waals surface area contributed by atoms with Gasteiger partial charge in [0.1, 0.15) is 11.5 Å². The molecular weight excluding hydrogens is 504 g/mol. The van der Waals surface area contributed by atoms with Crippen LogP contribution >= 0.6 is 15.9 Å². The first-order chi connectivity index (χ1) is 16.5. The summed E-state index contributed by atoms with van der Waals surface area (Å²) in [6, 6.07) is 18.7. The summed E-state index contributed by atoms with van der Waals surface area (Å²) in [7, 11) is 1.46. The molecule has 0 aliphatic heterocycles. The maximum atomic E-state index is 12.5. The molecule has 0 spiro atoms. The van der Waals surface area contributed by atoms with E-state index in [0.29, 0.717) is 35.0 Å². The van der Waals surface area contributed by atoms with Crippen LogP contribution in [-0.4, -0.2) is 38.4 Å². The summed E-state index contributed by atoms with van der Waals surface area (Å²) in [6.07, 6.45) is 1.44. The molecule has 0 radical (unpaired) electrons. The Kier molecular flexibility index (Phi) is 9.04. The van der Waals surface area contributed by atoms with E-state index in [9.17, 15) is 9.59 Å². The van der Waals surface area contributed by atoms with E-state index >= 15 is 0 Å². The van der Waals surface area contributed by atoms with Crippen molar-refractivity contribution in [2.45, 2.75) is 6.92 Å². The molecule has 176 valence electrons. The van der Waals surface area contributed by atoms with Gasteiger partial charge in [-0.05, 0) is 79.2 Å². The molecule has 3 rings (SSSR count). The van der Waals surface area contributed by atoms with Gasteiger partial charge >= 0.3 is 5.97 Å². The largest absolute Gasteiger partial charge is 0.494 e. The second-order valence-electron chi connectivity index (χ2n) is 6.79. The van der Waals surface area contributed by atoms with Crippen molar-refractivity contribution < 1.29 is 28.5 Å². The first kappa shape index (κ1) is 24.8. The highest BCUT2D eigenvalue weighted by atomic mass is 79.9. The molecule has 34 heavy (non-hydrogen) atoms. The molecule has 8 nitrogen and oxygen atoms in total. The Hall–Kier alpha value is -3.85. The van der Waals surface area contributed by atoms with Crippen molar-refractivity contribution >= 4 is 34.0 Å². The first-order valence-electron chi connectivity index (χ1n) is 10.3. The van der Waals surface area contributed by atoms with Gasteiger partial charge in [-0.1, -0.05) is 15.9 Å². The van der Waals surface area contributed by atoms with Crippen LogP contribution in [-0.2, 0) is 4.79 Å². The smallest absolute Gasteiger partial charge is 0.343 e. The van der Waals surface area contributed by atoms with Crippen molar-refractivity contribution in [3.05, 3.63) is 82.3 Å². The first-order valence-corrected chi connectivity index (χ1v) is 11.1. The summed E-state index contributed by atoms with van der Waals surface area (Å²) in [4.78, 5) is 24.4. The summed E-state index contributed by atoms with van der Waals surface area (Å²) in [5.74, 6) is 0.904. The molecule has 3 aromatic carbocycles. The lowest BCUT2D eigenvalue weighted by atomic mass is 10.2. The van der Waals surface area contributed by atoms with Gasteiger partial charge in [0.15, 0.2) is 18.1 Å². The lowest BCUT2D eigenvalue weighted by Crippen LogP contribution is -2.24. The standard InChI is InChI=1S/C25H23BrN2O6/c1-3-32-20-9-5-18(6-10-20)25(30)34-22-13-4-17(14-23(22)31-2)15-27-28-24(29)16-33-21-11-7-19(26)8-12-21/h4-15H,3,16H2,1-2H3,(H,28,29)/b27-15-. The van der Waals surface area contributed by atoms with Gasteiger partial charge in [0, 0.05) is 4.47 Å². The van der Waals surface area contributed by atoms with Crippen LogP contribution in [0.1, 0.15) is 22.8 Å². The summed E-state index contributed by atoms with van der Waals surface area (Å²) < 4.78 is 22.5. The third-order valence-electron chi connectivity index (χ3n) is 4.38. The van der Waals surface area contributed by atoms with Crippen LogP contribution in [0.15, 0.2) is 76.3 Å². The molecule has 0 saturated carbocycles. The lowest BCUT2D eigenvalue weighted by molar-refractivity contribution is -0.123. The minimum absolute atomic E-state index is 0.178. The van der Waals surface area contributed by atoms with Crippen LogP contribution < -0.4 is 24.4 Å². The van der Waals surface area contributed by atoms with E-state index in [1.54, 1.807) is 54.6 Å². The van der Waals surface area contributed by atoms with Crippen LogP contribution in [0.2, 0.25) is 0 Å². The number of methoxy groups -OCH3 is 1. The van der Waals surface area contributed by atoms with Gasteiger partial charge in [-0.2, -0.15) is 5.10 Å². The van der Waals surface area contributed by atoms with Crippen LogP contribution in [0.3, 0.4) is 0 Å². The molecule has 0 heterocycles. The van der Waals surface area contributed by atoms with E-state index in [0.717, 1.165) is 4.47 Å². The maximum Gasteiger partial charge on any atom is 0.343 e. The molecule has 0 unspecified atom stereocenters. The Labute approximate surface area is 205 Å². The normalized spacial score (nSPS) is 10.6. The molecule has 1 N–H and O–H groups in total. The molecule has 0 bridgehead atoms. The number of nitrogens with zero attached hydrogens (tertiary/aromatic N) is 1. The number of rotatable bonds is 10. The van der Waals surface area contributed by atoms with E-state index in [1.807, 2.05) is 19.1 Å². The highest BCUT2D eigenvalue weighted by Gasteiger charge is 2.13. The molecule has 0 aliphatic carbocycles. The second kappa shape index (κ2) is 12.4. The molecule has 1 amide bonds. The fourth-order valence-corrected chi connectivity index (χ4v) is 3.02. The minimum atomic E-state index is -0.527. The summed E-state index contributed by atoms with van der Waals surface area (Å²) in [5.41, 5.74) is 3.40. The summed E-state index contributed by atoms with van der Waals surface area (Å²) in [6.45, 7) is 2.25. The van der Waals surface area contributed by atoms with Crippen molar-refractivity contribution in [2.75, 3.05) is 20.3 Å². The number of halogens is 1. The van der Waals surface area contributed by atoms with Gasteiger partial charge in [0.25, 0.3) is 5.91 Å². The number of nitrogens with one attached hydrogen (secondary N) is 1. The molecular formula is C25H23BrN2O6. The minimum Gasteiger partial charge on any atom is -0.494 e.